The van der Waals surface area contributed by atoms with Crippen LogP contribution in [0, 0.1) is 32.6 Å². The number of piperidine rings is 3. The number of rotatable bonds is 11. The van der Waals surface area contributed by atoms with Gasteiger partial charge in [0.1, 0.15) is 39.8 Å². The lowest BCUT2D eigenvalue weighted by Crippen LogP contribution is -2.47. The Labute approximate surface area is 534 Å². The van der Waals surface area contributed by atoms with Crippen LogP contribution in [0.15, 0.2) is 90.6 Å². The van der Waals surface area contributed by atoms with Gasteiger partial charge in [-0.1, -0.05) is 6.92 Å². The van der Waals surface area contributed by atoms with Crippen LogP contribution in [0.5, 0.6) is 0 Å². The highest BCUT2D eigenvalue weighted by Gasteiger charge is 2.40. The van der Waals surface area contributed by atoms with Crippen molar-refractivity contribution in [2.45, 2.75) is 117 Å². The third-order valence-corrected chi connectivity index (χ3v) is 16.8. The van der Waals surface area contributed by atoms with Crippen molar-refractivity contribution in [1.82, 2.24) is 64.6 Å². The number of hydrogen-bond acceptors (Lipinski definition) is 20. The average molecular weight is 1260 g/mol. The zero-order valence-electron chi connectivity index (χ0n) is 52.5. The fourth-order valence-corrected chi connectivity index (χ4v) is 12.1. The van der Waals surface area contributed by atoms with Crippen LogP contribution >= 0.6 is 0 Å². The lowest BCUT2D eigenvalue weighted by Gasteiger charge is -2.39. The van der Waals surface area contributed by atoms with Gasteiger partial charge in [0.15, 0.2) is 0 Å². The van der Waals surface area contributed by atoms with Crippen LogP contribution in [0.1, 0.15) is 130 Å². The molecule has 0 spiro atoms. The third-order valence-electron chi connectivity index (χ3n) is 16.8. The normalized spacial score (nSPS) is 19.3. The predicted molar refractivity (Wildman–Crippen MR) is 347 cm³/mol. The summed E-state index contributed by atoms with van der Waals surface area (Å²) in [5.41, 5.74) is 25.1. The number of aromatic amines is 1. The second-order valence-electron chi connectivity index (χ2n) is 25.0. The van der Waals surface area contributed by atoms with Gasteiger partial charge < -0.3 is 52.6 Å². The highest BCUT2D eigenvalue weighted by atomic mass is 16.6. The van der Waals surface area contributed by atoms with Gasteiger partial charge in [-0.2, -0.15) is 10.2 Å². The van der Waals surface area contributed by atoms with E-state index in [2.05, 4.69) is 46.4 Å². The smallest absolute Gasteiger partial charge is 0.413 e. The first-order valence-corrected chi connectivity index (χ1v) is 30.6. The van der Waals surface area contributed by atoms with Crippen LogP contribution in [0.4, 0.5) is 45.0 Å². The van der Waals surface area contributed by atoms with Crippen LogP contribution in [0.2, 0.25) is 0 Å². The van der Waals surface area contributed by atoms with Gasteiger partial charge in [-0.25, -0.2) is 34.7 Å². The Balaban J connectivity index is 0.804. The minimum atomic E-state index is -0.915. The Kier molecular flexibility index (Phi) is 18.1. The van der Waals surface area contributed by atoms with Crippen LogP contribution in [-0.4, -0.2) is 144 Å². The number of likely N-dealkylation sites (tertiary alicyclic amines) is 3. The molecule has 8 aromatic rings. The molecule has 0 aromatic carbocycles. The molecular weight excluding hydrogens is 1190 g/mol. The Morgan fingerprint density at radius 2 is 1.15 bits per heavy atom. The molecule has 482 valence electrons. The zero-order chi connectivity index (χ0) is 66.0. The van der Waals surface area contributed by atoms with Gasteiger partial charge in [0.2, 0.25) is 0 Å². The zero-order valence-corrected chi connectivity index (χ0v) is 52.5. The summed E-state index contributed by atoms with van der Waals surface area (Å²) in [4.78, 5) is 133. The molecule has 6 atom stereocenters. The number of H-pyrrole nitrogens is 1. The number of nitrogen functional groups attached to an aromatic ring is 3. The van der Waals surface area contributed by atoms with Gasteiger partial charge >= 0.3 is 41.5 Å². The van der Waals surface area contributed by atoms with Gasteiger partial charge in [0.05, 0.1) is 106 Å². The number of aryl methyl sites for hydroxylation is 3. The average Bonchev–Trinajstić information content (AvgIpc) is 1.76. The van der Waals surface area contributed by atoms with Crippen molar-refractivity contribution in [2.75, 3.05) is 64.6 Å². The van der Waals surface area contributed by atoms with Crippen molar-refractivity contribution in [1.29, 1.82) is 0 Å². The molecule has 29 heteroatoms. The number of amides is 7. The van der Waals surface area contributed by atoms with Crippen molar-refractivity contribution in [2.24, 2.45) is 16.8 Å². The molecule has 3 aliphatic rings. The summed E-state index contributed by atoms with van der Waals surface area (Å²) in [6.07, 6.45) is 11.5. The minimum Gasteiger partial charge on any atom is -0.444 e. The number of anilines is 7. The number of hydrogen-bond donors (Lipinski definition) is 8. The number of pyridine rings is 6. The van der Waals surface area contributed by atoms with Crippen LogP contribution < -0.4 is 38.5 Å². The van der Waals surface area contributed by atoms with E-state index in [4.69, 9.17) is 47.0 Å². The quantitative estimate of drug-likeness (QED) is 0.0486. The molecule has 93 heavy (non-hydrogen) atoms. The number of ether oxygens (including phenoxy) is 1. The summed E-state index contributed by atoms with van der Waals surface area (Å²) >= 11 is 0. The molecule has 0 radical (unpaired) electrons. The summed E-state index contributed by atoms with van der Waals surface area (Å²) < 4.78 is 7.12. The summed E-state index contributed by atoms with van der Waals surface area (Å²) in [5.74, 6) is -4.24. The molecule has 11 rings (SSSR count). The molecule has 11 heterocycles. The monoisotopic (exact) mass is 1260 g/mol. The SMILES string of the molecule is Cc1cc(NC(=O)C(=O)N2C[C@H](n3ncc4nc([C@@H]5CC[C@@H](C)CN5C(=O)C(=O)Nc5cnc(NC(=O)OC(C)(C)C)c(C)c5)ccc43)CC[C@H]2c2ccc(N)c(C=NC[C@@H]3CC[C@@H](c4ccc5[nH]ncc5n4)N(C(=O)C(=O)Nc4cnc(N)c(C)c4)C3)n2)cnc1N. The van der Waals surface area contributed by atoms with Gasteiger partial charge in [-0.3, -0.25) is 48.9 Å². The fraction of sp³-hybridized carbons (Fsp3) is 0.375. The van der Waals surface area contributed by atoms with E-state index in [1.807, 2.05) is 31.2 Å². The second-order valence-corrected chi connectivity index (χ2v) is 25.0. The maximum Gasteiger partial charge on any atom is 0.413 e. The van der Waals surface area contributed by atoms with E-state index in [-0.39, 0.29) is 54.5 Å². The Hall–Kier alpha value is -11.0. The maximum atomic E-state index is 14.7. The van der Waals surface area contributed by atoms with Crippen molar-refractivity contribution < 1.29 is 38.3 Å². The van der Waals surface area contributed by atoms with E-state index in [0.29, 0.717) is 112 Å². The van der Waals surface area contributed by atoms with Gasteiger partial charge in [-0.05, 0) is 163 Å². The first kappa shape index (κ1) is 63.6. The molecule has 0 bridgehead atoms. The third kappa shape index (κ3) is 14.3. The van der Waals surface area contributed by atoms with Gasteiger partial charge in [0, 0.05) is 32.4 Å². The molecule has 8 aromatic heterocycles. The summed E-state index contributed by atoms with van der Waals surface area (Å²) in [6.45, 7) is 13.2. The number of carbonyl (C=O) groups is 7. The number of aromatic nitrogens is 10. The molecule has 0 aliphatic carbocycles. The van der Waals surface area contributed by atoms with E-state index in [9.17, 15) is 33.6 Å². The molecule has 3 fully saturated rings. The molecule has 3 saturated heterocycles. The van der Waals surface area contributed by atoms with Crippen molar-refractivity contribution >= 4 is 110 Å². The Bertz CT molecular complexity index is 4270. The highest BCUT2D eigenvalue weighted by molar-refractivity contribution is 6.40. The summed E-state index contributed by atoms with van der Waals surface area (Å²) in [7, 11) is 0. The minimum absolute atomic E-state index is 0.0256. The second kappa shape index (κ2) is 26.4. The Morgan fingerprint density at radius 3 is 1.76 bits per heavy atom. The standard InChI is InChI=1S/C64H73N21O8/c1-33-8-16-50(82(30-33)60(89)57(86)76-40-22-36(4)56(71-26-40)80-63(92)93-64(5,6)7)46-15-19-53-49(79-46)29-73-85(53)41-10-18-52(84(32-41)62(91)59(88)75-39-21-35(3)55(67)70-25-39)44-12-11-42(65)47(77-44)27-68-23-37-9-17-51(45-14-13-43-48(78-45)28-72-81-43)83(31-37)61(90)58(87)74-38-20-34(2)54(66)69-24-38/h11-15,19-22,24-29,33,37,41,50-52H,8-10,16-18,23,30-32,65H2,1-7H3,(H2,66,69)(H2,67,70)(H,72,81)(H,74,87)(H,75,88)(H,76,86)(H,71,80,92)/t33-,37+,41-,50+,51+,52+/m1/s1. The van der Waals surface area contributed by atoms with Gasteiger partial charge in [0.25, 0.3) is 0 Å². The predicted octanol–water partition coefficient (Wildman–Crippen LogP) is 6.82. The number of nitrogens with one attached hydrogen (secondary N) is 5. The number of aliphatic imine (C=N–C) groups is 1. The lowest BCUT2D eigenvalue weighted by molar-refractivity contribution is -0.146. The summed E-state index contributed by atoms with van der Waals surface area (Å²) in [6, 6.07) is 13.4. The van der Waals surface area contributed by atoms with Crippen LogP contribution in [0.3, 0.4) is 0 Å². The first-order chi connectivity index (χ1) is 44.4. The van der Waals surface area contributed by atoms with E-state index < -0.39 is 71.3 Å². The molecule has 3 aliphatic heterocycles. The number of fused-ring (bicyclic) bond motifs is 2. The largest absolute Gasteiger partial charge is 0.444 e. The number of carbonyl (C=O) groups excluding carboxylic acids is 7. The molecule has 7 amide bonds. The molecule has 0 saturated carbocycles. The van der Waals surface area contributed by atoms with E-state index in [1.54, 1.807) is 100 Å². The topological polar surface area (TPSA) is 401 Å². The Morgan fingerprint density at radius 1 is 0.613 bits per heavy atom. The van der Waals surface area contributed by atoms with Crippen molar-refractivity contribution in [3.8, 4) is 0 Å². The first-order valence-electron chi connectivity index (χ1n) is 30.6. The fourth-order valence-electron chi connectivity index (χ4n) is 12.1. The summed E-state index contributed by atoms with van der Waals surface area (Å²) in [5, 5.41) is 22.4. The molecule has 11 N–H and O–H groups in total. The molecule has 29 nitrogen and oxygen atoms in total. The molecular formula is C64H73N21O8. The molecule has 0 unspecified atom stereocenters. The number of nitrogens with zero attached hydrogens (tertiary/aromatic N) is 13. The van der Waals surface area contributed by atoms with Crippen LogP contribution in [-0.2, 0) is 33.5 Å². The highest BCUT2D eigenvalue weighted by Crippen LogP contribution is 2.39. The van der Waals surface area contributed by atoms with Gasteiger partial charge in [-0.15, -0.1) is 0 Å². The van der Waals surface area contributed by atoms with E-state index >= 15 is 0 Å². The van der Waals surface area contributed by atoms with Crippen LogP contribution in [0.25, 0.3) is 22.1 Å². The van der Waals surface area contributed by atoms with E-state index in [0.717, 1.165) is 11.9 Å². The van der Waals surface area contributed by atoms with Crippen molar-refractivity contribution in [3.05, 3.63) is 125 Å². The maximum absolute atomic E-state index is 14.7. The van der Waals surface area contributed by atoms with Crippen molar-refractivity contribution in [3.63, 3.8) is 0 Å². The lowest BCUT2D eigenvalue weighted by atomic mass is 9.90. The number of nitrogens with two attached hydrogens (primary N) is 3. The van der Waals surface area contributed by atoms with E-state index in [1.165, 1.54) is 28.4 Å².